The molecule has 2 aromatic rings. The second-order valence-corrected chi connectivity index (χ2v) is 8.70. The van der Waals surface area contributed by atoms with Crippen LogP contribution in [-0.4, -0.2) is 39.7 Å². The Bertz CT molecular complexity index is 858. The minimum absolute atomic E-state index is 0.00266. The molecule has 0 saturated carbocycles. The minimum Gasteiger partial charge on any atom is -0.493 e. The van der Waals surface area contributed by atoms with Gasteiger partial charge in [0.05, 0.1) is 18.8 Å². The third kappa shape index (κ3) is 8.51. The maximum absolute atomic E-state index is 13.1. The maximum atomic E-state index is 13.1. The quantitative estimate of drug-likeness (QED) is 0.179. The molecule has 0 aliphatic rings. The summed E-state index contributed by atoms with van der Waals surface area (Å²) in [6.07, 6.45) is 6.81. The van der Waals surface area contributed by atoms with E-state index in [1.54, 1.807) is 0 Å². The monoisotopic (exact) mass is 437 g/mol. The first-order valence-electron chi connectivity index (χ1n) is 11.7. The van der Waals surface area contributed by atoms with Crippen LogP contribution < -0.4 is 9.64 Å². The van der Waals surface area contributed by atoms with Crippen LogP contribution in [0, 0.1) is 6.92 Å². The SMILES string of the molecule is C=C(C)COCCCCCCCCOc1cc(N(C)C)c(C)cc1C(=O)c1ccccc1. The molecule has 0 radical (unpaired) electrons. The van der Waals surface area contributed by atoms with E-state index in [9.17, 15) is 4.79 Å². The molecule has 174 valence electrons. The Balaban J connectivity index is 1.85. The van der Waals surface area contributed by atoms with E-state index >= 15 is 0 Å². The van der Waals surface area contributed by atoms with E-state index in [4.69, 9.17) is 9.47 Å². The van der Waals surface area contributed by atoms with Crippen LogP contribution in [0.5, 0.6) is 5.75 Å². The highest BCUT2D eigenvalue weighted by atomic mass is 16.5. The van der Waals surface area contributed by atoms with Gasteiger partial charge in [0.1, 0.15) is 5.75 Å². The van der Waals surface area contributed by atoms with Crippen molar-refractivity contribution in [3.05, 3.63) is 71.3 Å². The van der Waals surface area contributed by atoms with Gasteiger partial charge in [-0.1, -0.05) is 68.2 Å². The van der Waals surface area contributed by atoms with Crippen molar-refractivity contribution in [3.8, 4) is 5.75 Å². The first kappa shape index (κ1) is 25.7. The van der Waals surface area contributed by atoms with Gasteiger partial charge in [-0.15, -0.1) is 0 Å². The zero-order valence-corrected chi connectivity index (χ0v) is 20.3. The average Bonchev–Trinajstić information content (AvgIpc) is 2.77. The highest BCUT2D eigenvalue weighted by Crippen LogP contribution is 2.31. The van der Waals surface area contributed by atoms with E-state index in [1.807, 2.05) is 70.4 Å². The third-order valence-electron chi connectivity index (χ3n) is 5.35. The summed E-state index contributed by atoms with van der Waals surface area (Å²) in [6, 6.07) is 13.4. The summed E-state index contributed by atoms with van der Waals surface area (Å²) in [5, 5.41) is 0. The lowest BCUT2D eigenvalue weighted by atomic mass is 9.99. The number of hydrogen-bond donors (Lipinski definition) is 0. The number of carbonyl (C=O) groups excluding carboxylic acids is 1. The van der Waals surface area contributed by atoms with Gasteiger partial charge >= 0.3 is 0 Å². The molecule has 0 heterocycles. The molecule has 32 heavy (non-hydrogen) atoms. The molecular weight excluding hydrogens is 398 g/mol. The standard InChI is InChI=1S/C28H39NO3/c1-22(2)21-31-17-13-8-6-7-9-14-18-32-27-20-26(29(4)5)23(3)19-25(27)28(30)24-15-11-10-12-16-24/h10-12,15-16,19-20H,1,6-9,13-14,17-18,21H2,2-5H3. The highest BCUT2D eigenvalue weighted by molar-refractivity contribution is 6.11. The Kier molecular flexibility index (Phi) is 11.0. The molecule has 0 fully saturated rings. The van der Waals surface area contributed by atoms with Gasteiger partial charge in [-0.3, -0.25) is 4.79 Å². The van der Waals surface area contributed by atoms with Gasteiger partial charge in [0.15, 0.2) is 5.78 Å². The van der Waals surface area contributed by atoms with Crippen LogP contribution in [0.1, 0.15) is 66.9 Å². The number of rotatable bonds is 15. The Morgan fingerprint density at radius 3 is 2.19 bits per heavy atom. The molecule has 4 nitrogen and oxygen atoms in total. The Hall–Kier alpha value is -2.59. The highest BCUT2D eigenvalue weighted by Gasteiger charge is 2.18. The van der Waals surface area contributed by atoms with Crippen LogP contribution in [-0.2, 0) is 4.74 Å². The molecule has 4 heteroatoms. The van der Waals surface area contributed by atoms with E-state index in [0.717, 1.165) is 42.7 Å². The molecule has 0 amide bonds. The predicted molar refractivity (Wildman–Crippen MR) is 134 cm³/mol. The topological polar surface area (TPSA) is 38.8 Å². The summed E-state index contributed by atoms with van der Waals surface area (Å²) in [5.41, 5.74) is 4.52. The molecule has 0 saturated heterocycles. The van der Waals surface area contributed by atoms with E-state index in [1.165, 1.54) is 19.3 Å². The summed E-state index contributed by atoms with van der Waals surface area (Å²) in [6.45, 7) is 9.96. The fraction of sp³-hybridized carbons (Fsp3) is 0.464. The Morgan fingerprint density at radius 1 is 0.938 bits per heavy atom. The van der Waals surface area contributed by atoms with Gasteiger partial charge < -0.3 is 14.4 Å². The van der Waals surface area contributed by atoms with Crippen LogP contribution in [0.25, 0.3) is 0 Å². The smallest absolute Gasteiger partial charge is 0.196 e. The first-order chi connectivity index (χ1) is 15.4. The normalized spacial score (nSPS) is 10.8. The van der Waals surface area contributed by atoms with Gasteiger partial charge in [-0.25, -0.2) is 0 Å². The first-order valence-corrected chi connectivity index (χ1v) is 11.7. The molecule has 0 unspecified atom stereocenters. The fourth-order valence-electron chi connectivity index (χ4n) is 3.64. The lowest BCUT2D eigenvalue weighted by molar-refractivity contribution is 0.103. The van der Waals surface area contributed by atoms with Crippen molar-refractivity contribution in [2.45, 2.75) is 52.4 Å². The molecule has 0 N–H and O–H groups in total. The molecule has 2 aromatic carbocycles. The van der Waals surface area contributed by atoms with E-state index < -0.39 is 0 Å². The Labute approximate surface area is 194 Å². The second kappa shape index (κ2) is 13.7. The van der Waals surface area contributed by atoms with Crippen LogP contribution in [0.15, 0.2) is 54.6 Å². The van der Waals surface area contributed by atoms with Crippen molar-refractivity contribution in [2.75, 3.05) is 38.8 Å². The lowest BCUT2D eigenvalue weighted by Crippen LogP contribution is -2.13. The number of hydrogen-bond acceptors (Lipinski definition) is 4. The maximum Gasteiger partial charge on any atom is 0.196 e. The van der Waals surface area contributed by atoms with Crippen molar-refractivity contribution in [1.82, 2.24) is 0 Å². The molecule has 0 bridgehead atoms. The molecule has 0 aliphatic carbocycles. The summed E-state index contributed by atoms with van der Waals surface area (Å²) < 4.78 is 11.7. The number of ether oxygens (including phenoxy) is 2. The zero-order chi connectivity index (χ0) is 23.3. The number of nitrogens with zero attached hydrogens (tertiary/aromatic N) is 1. The van der Waals surface area contributed by atoms with Crippen LogP contribution in [0.4, 0.5) is 5.69 Å². The molecule has 2 rings (SSSR count). The average molecular weight is 438 g/mol. The van der Waals surface area contributed by atoms with Crippen molar-refractivity contribution < 1.29 is 14.3 Å². The molecule has 0 aromatic heterocycles. The third-order valence-corrected chi connectivity index (χ3v) is 5.35. The summed E-state index contributed by atoms with van der Waals surface area (Å²) in [4.78, 5) is 15.2. The van der Waals surface area contributed by atoms with Crippen molar-refractivity contribution in [2.24, 2.45) is 0 Å². The minimum atomic E-state index is 0.00266. The van der Waals surface area contributed by atoms with E-state index in [-0.39, 0.29) is 5.78 Å². The summed E-state index contributed by atoms with van der Waals surface area (Å²) >= 11 is 0. The van der Waals surface area contributed by atoms with Crippen LogP contribution in [0.2, 0.25) is 0 Å². The second-order valence-electron chi connectivity index (χ2n) is 8.70. The van der Waals surface area contributed by atoms with E-state index in [0.29, 0.717) is 30.1 Å². The van der Waals surface area contributed by atoms with Gasteiger partial charge in [0, 0.05) is 38.0 Å². The zero-order valence-electron chi connectivity index (χ0n) is 20.3. The van der Waals surface area contributed by atoms with Crippen molar-refractivity contribution >= 4 is 11.5 Å². The van der Waals surface area contributed by atoms with Crippen molar-refractivity contribution in [3.63, 3.8) is 0 Å². The fourth-order valence-corrected chi connectivity index (χ4v) is 3.64. The Morgan fingerprint density at radius 2 is 1.56 bits per heavy atom. The van der Waals surface area contributed by atoms with Gasteiger partial charge in [0.25, 0.3) is 0 Å². The largest absolute Gasteiger partial charge is 0.493 e. The number of aryl methyl sites for hydroxylation is 1. The van der Waals surface area contributed by atoms with Crippen molar-refractivity contribution in [1.29, 1.82) is 0 Å². The van der Waals surface area contributed by atoms with Gasteiger partial charge in [-0.2, -0.15) is 0 Å². The molecule has 0 spiro atoms. The number of unbranched alkanes of at least 4 members (excludes halogenated alkanes) is 5. The number of ketones is 1. The molecule has 0 aliphatic heterocycles. The predicted octanol–water partition coefficient (Wildman–Crippen LogP) is 6.60. The molecular formula is C28H39NO3. The van der Waals surface area contributed by atoms with Gasteiger partial charge in [-0.05, 0) is 38.3 Å². The van der Waals surface area contributed by atoms with Gasteiger partial charge in [0.2, 0.25) is 0 Å². The number of benzene rings is 2. The lowest BCUT2D eigenvalue weighted by Gasteiger charge is -2.20. The van der Waals surface area contributed by atoms with E-state index in [2.05, 4.69) is 11.5 Å². The number of carbonyl (C=O) groups is 1. The number of anilines is 1. The van der Waals surface area contributed by atoms with Crippen LogP contribution in [0.3, 0.4) is 0 Å². The molecule has 0 atom stereocenters. The van der Waals surface area contributed by atoms with Crippen LogP contribution >= 0.6 is 0 Å². The summed E-state index contributed by atoms with van der Waals surface area (Å²) in [7, 11) is 4.02. The summed E-state index contributed by atoms with van der Waals surface area (Å²) in [5.74, 6) is 0.672.